The number of rotatable bonds is 4. The van der Waals surface area contributed by atoms with Crippen molar-refractivity contribution in [3.05, 3.63) is 17.5 Å². The Bertz CT molecular complexity index is 339. The average Bonchev–Trinajstić information content (AvgIpc) is 2.90. The summed E-state index contributed by atoms with van der Waals surface area (Å²) in [5, 5.41) is 7.73. The summed E-state index contributed by atoms with van der Waals surface area (Å²) in [6.07, 6.45) is 3.27. The quantitative estimate of drug-likeness (QED) is 0.822. The Morgan fingerprint density at radius 3 is 2.94 bits per heavy atom. The third-order valence-electron chi connectivity index (χ3n) is 3.67. The van der Waals surface area contributed by atoms with Gasteiger partial charge in [-0.1, -0.05) is 6.92 Å². The smallest absolute Gasteiger partial charge is 0.0537 e. The standard InChI is InChI=1S/C12H22N4/c1-4-16(12-5-6-13-8-12)9-11-7-14-15(3)10(11)2/h7,12-13H,4-6,8-9H2,1-3H3. The number of likely N-dealkylation sites (N-methyl/N-ethyl adjacent to an activating group) is 1. The van der Waals surface area contributed by atoms with Crippen LogP contribution in [-0.2, 0) is 13.6 Å². The van der Waals surface area contributed by atoms with E-state index in [9.17, 15) is 0 Å². The van der Waals surface area contributed by atoms with Crippen LogP contribution >= 0.6 is 0 Å². The van der Waals surface area contributed by atoms with E-state index in [0.29, 0.717) is 6.04 Å². The monoisotopic (exact) mass is 222 g/mol. The first kappa shape index (κ1) is 11.6. The molecule has 1 atom stereocenters. The molecule has 0 aromatic carbocycles. The zero-order valence-electron chi connectivity index (χ0n) is 10.5. The maximum Gasteiger partial charge on any atom is 0.0537 e. The van der Waals surface area contributed by atoms with E-state index in [-0.39, 0.29) is 0 Å². The van der Waals surface area contributed by atoms with Gasteiger partial charge in [0.1, 0.15) is 0 Å². The van der Waals surface area contributed by atoms with Crippen LogP contribution in [-0.4, -0.2) is 40.4 Å². The maximum atomic E-state index is 4.30. The molecule has 1 unspecified atom stereocenters. The minimum Gasteiger partial charge on any atom is -0.315 e. The molecule has 1 fully saturated rings. The van der Waals surface area contributed by atoms with Gasteiger partial charge in [0.2, 0.25) is 0 Å². The minimum absolute atomic E-state index is 0.699. The van der Waals surface area contributed by atoms with Crippen molar-refractivity contribution < 1.29 is 0 Å². The summed E-state index contributed by atoms with van der Waals surface area (Å²) in [7, 11) is 2.01. The summed E-state index contributed by atoms with van der Waals surface area (Å²) in [4.78, 5) is 2.55. The van der Waals surface area contributed by atoms with Crippen molar-refractivity contribution in [3.8, 4) is 0 Å². The normalized spacial score (nSPS) is 20.9. The highest BCUT2D eigenvalue weighted by Crippen LogP contribution is 2.15. The number of nitrogens with one attached hydrogen (secondary N) is 1. The Balaban J connectivity index is 2.03. The van der Waals surface area contributed by atoms with Crippen molar-refractivity contribution in [2.45, 2.75) is 32.9 Å². The largest absolute Gasteiger partial charge is 0.315 e. The van der Waals surface area contributed by atoms with Gasteiger partial charge < -0.3 is 5.32 Å². The van der Waals surface area contributed by atoms with E-state index in [1.165, 1.54) is 17.7 Å². The maximum absolute atomic E-state index is 4.30. The molecule has 4 heteroatoms. The van der Waals surface area contributed by atoms with E-state index in [4.69, 9.17) is 0 Å². The van der Waals surface area contributed by atoms with Gasteiger partial charge in [-0.05, 0) is 26.4 Å². The molecule has 4 nitrogen and oxygen atoms in total. The van der Waals surface area contributed by atoms with Gasteiger partial charge in [0.05, 0.1) is 6.20 Å². The molecule has 0 saturated carbocycles. The van der Waals surface area contributed by atoms with E-state index >= 15 is 0 Å². The predicted molar refractivity (Wildman–Crippen MR) is 65.3 cm³/mol. The van der Waals surface area contributed by atoms with Gasteiger partial charge in [-0.2, -0.15) is 5.10 Å². The van der Waals surface area contributed by atoms with Crippen LogP contribution in [0.5, 0.6) is 0 Å². The Hall–Kier alpha value is -0.870. The number of aryl methyl sites for hydroxylation is 1. The molecule has 0 bridgehead atoms. The van der Waals surface area contributed by atoms with Crippen LogP contribution in [0.25, 0.3) is 0 Å². The molecule has 0 spiro atoms. The van der Waals surface area contributed by atoms with Gasteiger partial charge in [0.15, 0.2) is 0 Å². The summed E-state index contributed by atoms with van der Waals surface area (Å²) in [6, 6.07) is 0.699. The van der Waals surface area contributed by atoms with Crippen LogP contribution in [0.1, 0.15) is 24.6 Å². The molecule has 1 N–H and O–H groups in total. The summed E-state index contributed by atoms with van der Waals surface area (Å²) in [5.74, 6) is 0. The minimum atomic E-state index is 0.699. The summed E-state index contributed by atoms with van der Waals surface area (Å²) >= 11 is 0. The van der Waals surface area contributed by atoms with Crippen molar-refractivity contribution in [1.29, 1.82) is 0 Å². The molecule has 1 aromatic heterocycles. The third kappa shape index (κ3) is 2.28. The lowest BCUT2D eigenvalue weighted by atomic mass is 10.1. The topological polar surface area (TPSA) is 33.1 Å². The summed E-state index contributed by atoms with van der Waals surface area (Å²) < 4.78 is 1.95. The highest BCUT2D eigenvalue weighted by molar-refractivity contribution is 5.15. The van der Waals surface area contributed by atoms with Crippen LogP contribution in [0.2, 0.25) is 0 Å². The predicted octanol–water partition coefficient (Wildman–Crippen LogP) is 0.912. The van der Waals surface area contributed by atoms with Gasteiger partial charge in [-0.15, -0.1) is 0 Å². The molecule has 1 aromatic rings. The molecular weight excluding hydrogens is 200 g/mol. The van der Waals surface area contributed by atoms with Gasteiger partial charge in [0.25, 0.3) is 0 Å². The third-order valence-corrected chi connectivity index (χ3v) is 3.67. The summed E-state index contributed by atoms with van der Waals surface area (Å²) in [6.45, 7) is 8.82. The van der Waals surface area contributed by atoms with Crippen LogP contribution in [0.4, 0.5) is 0 Å². The lowest BCUT2D eigenvalue weighted by molar-refractivity contribution is 0.210. The molecule has 16 heavy (non-hydrogen) atoms. The SMILES string of the molecule is CCN(Cc1cnn(C)c1C)C1CCNC1. The first-order valence-corrected chi connectivity index (χ1v) is 6.14. The average molecular weight is 222 g/mol. The van der Waals surface area contributed by atoms with Crippen molar-refractivity contribution in [2.24, 2.45) is 7.05 Å². The van der Waals surface area contributed by atoms with E-state index < -0.39 is 0 Å². The van der Waals surface area contributed by atoms with Crippen LogP contribution in [0.3, 0.4) is 0 Å². The number of nitrogens with zero attached hydrogens (tertiary/aromatic N) is 3. The fourth-order valence-corrected chi connectivity index (χ4v) is 2.37. The molecule has 2 heterocycles. The molecular formula is C12H22N4. The van der Waals surface area contributed by atoms with E-state index in [1.54, 1.807) is 0 Å². The molecule has 1 aliphatic rings. The highest BCUT2D eigenvalue weighted by Gasteiger charge is 2.21. The van der Waals surface area contributed by atoms with Crippen molar-refractivity contribution in [3.63, 3.8) is 0 Å². The highest BCUT2D eigenvalue weighted by atomic mass is 15.3. The zero-order valence-corrected chi connectivity index (χ0v) is 10.5. The zero-order chi connectivity index (χ0) is 11.5. The second-order valence-electron chi connectivity index (χ2n) is 4.59. The number of hydrogen-bond acceptors (Lipinski definition) is 3. The number of hydrogen-bond donors (Lipinski definition) is 1. The van der Waals surface area contributed by atoms with Crippen LogP contribution in [0.15, 0.2) is 6.20 Å². The Labute approximate surface area is 97.6 Å². The van der Waals surface area contributed by atoms with Crippen LogP contribution in [0, 0.1) is 6.92 Å². The van der Waals surface area contributed by atoms with Gasteiger partial charge in [-0.3, -0.25) is 9.58 Å². The van der Waals surface area contributed by atoms with E-state index in [0.717, 1.165) is 26.2 Å². The Kier molecular flexibility index (Phi) is 3.61. The molecule has 1 saturated heterocycles. The molecule has 0 aliphatic carbocycles. The van der Waals surface area contributed by atoms with Gasteiger partial charge >= 0.3 is 0 Å². The Morgan fingerprint density at radius 1 is 1.62 bits per heavy atom. The lowest BCUT2D eigenvalue weighted by Crippen LogP contribution is -2.36. The van der Waals surface area contributed by atoms with E-state index in [2.05, 4.69) is 29.2 Å². The van der Waals surface area contributed by atoms with Gasteiger partial charge in [-0.25, -0.2) is 0 Å². The van der Waals surface area contributed by atoms with Crippen molar-refractivity contribution in [1.82, 2.24) is 20.0 Å². The fraction of sp³-hybridized carbons (Fsp3) is 0.750. The second-order valence-corrected chi connectivity index (χ2v) is 4.59. The van der Waals surface area contributed by atoms with Crippen LogP contribution < -0.4 is 5.32 Å². The van der Waals surface area contributed by atoms with Crippen molar-refractivity contribution >= 4 is 0 Å². The van der Waals surface area contributed by atoms with Gasteiger partial charge in [0, 0.05) is 37.4 Å². The Morgan fingerprint density at radius 2 is 2.44 bits per heavy atom. The fourth-order valence-electron chi connectivity index (χ4n) is 2.37. The molecule has 2 rings (SSSR count). The molecule has 1 aliphatic heterocycles. The number of aromatic nitrogens is 2. The molecule has 0 radical (unpaired) electrons. The molecule has 0 amide bonds. The second kappa shape index (κ2) is 4.97. The van der Waals surface area contributed by atoms with Crippen molar-refractivity contribution in [2.75, 3.05) is 19.6 Å². The lowest BCUT2D eigenvalue weighted by Gasteiger charge is -2.26. The molecule has 90 valence electrons. The summed E-state index contributed by atoms with van der Waals surface area (Å²) in [5.41, 5.74) is 2.64. The first-order chi connectivity index (χ1) is 7.72. The first-order valence-electron chi connectivity index (χ1n) is 6.14. The van der Waals surface area contributed by atoms with E-state index in [1.807, 2.05) is 17.9 Å².